The minimum atomic E-state index is -3.58. The first kappa shape index (κ1) is 17.6. The average molecular weight is 363 g/mol. The van der Waals surface area contributed by atoms with Crippen LogP contribution >= 0.6 is 0 Å². The van der Waals surface area contributed by atoms with Crippen LogP contribution in [-0.2, 0) is 17.1 Å². The summed E-state index contributed by atoms with van der Waals surface area (Å²) in [7, 11) is -1.88. The number of rotatable bonds is 4. The van der Waals surface area contributed by atoms with Crippen molar-refractivity contribution in [2.24, 2.45) is 7.05 Å². The van der Waals surface area contributed by atoms with Gasteiger partial charge in [-0.1, -0.05) is 12.1 Å². The Morgan fingerprint density at radius 2 is 1.96 bits per heavy atom. The number of carboxylic acid groups (broad SMARTS) is 1. The van der Waals surface area contributed by atoms with Crippen LogP contribution in [0.4, 0.5) is 0 Å². The molecule has 2 heterocycles. The summed E-state index contributed by atoms with van der Waals surface area (Å²) in [4.78, 5) is 11.2. The molecule has 7 nitrogen and oxygen atoms in total. The van der Waals surface area contributed by atoms with Crippen LogP contribution in [0.3, 0.4) is 0 Å². The molecule has 3 rings (SSSR count). The van der Waals surface area contributed by atoms with Crippen molar-refractivity contribution in [3.05, 3.63) is 47.3 Å². The molecule has 1 saturated heterocycles. The van der Waals surface area contributed by atoms with E-state index >= 15 is 0 Å². The van der Waals surface area contributed by atoms with Gasteiger partial charge in [0.25, 0.3) is 0 Å². The topological polar surface area (TPSA) is 92.5 Å². The van der Waals surface area contributed by atoms with Crippen LogP contribution in [0.1, 0.15) is 40.4 Å². The Balaban J connectivity index is 1.83. The molecule has 0 saturated carbocycles. The third-order valence-electron chi connectivity index (χ3n) is 4.60. The average Bonchev–Trinajstić information content (AvgIpc) is 2.94. The summed E-state index contributed by atoms with van der Waals surface area (Å²) in [5.41, 5.74) is 1.69. The first-order chi connectivity index (χ1) is 11.8. The molecule has 1 aliphatic heterocycles. The lowest BCUT2D eigenvalue weighted by atomic mass is 9.91. The van der Waals surface area contributed by atoms with Crippen molar-refractivity contribution < 1.29 is 18.3 Å². The summed E-state index contributed by atoms with van der Waals surface area (Å²) in [5.74, 6) is -0.908. The summed E-state index contributed by atoms with van der Waals surface area (Å²) in [6.07, 6.45) is 3.18. The highest BCUT2D eigenvalue weighted by molar-refractivity contribution is 7.89. The minimum Gasteiger partial charge on any atom is -0.478 e. The fourth-order valence-corrected chi connectivity index (χ4v) is 5.02. The zero-order valence-electron chi connectivity index (χ0n) is 14.2. The van der Waals surface area contributed by atoms with E-state index in [4.69, 9.17) is 5.11 Å². The van der Waals surface area contributed by atoms with Crippen LogP contribution < -0.4 is 0 Å². The summed E-state index contributed by atoms with van der Waals surface area (Å²) < 4.78 is 28.9. The smallest absolute Gasteiger partial charge is 0.335 e. The second kappa shape index (κ2) is 6.61. The van der Waals surface area contributed by atoms with Crippen LogP contribution in [0.2, 0.25) is 0 Å². The Hall–Kier alpha value is -2.19. The number of aromatic nitrogens is 2. The van der Waals surface area contributed by atoms with Crippen molar-refractivity contribution in [1.29, 1.82) is 0 Å². The van der Waals surface area contributed by atoms with Gasteiger partial charge in [0.2, 0.25) is 10.0 Å². The van der Waals surface area contributed by atoms with Crippen molar-refractivity contribution in [1.82, 2.24) is 14.1 Å². The number of piperidine rings is 1. The lowest BCUT2D eigenvalue weighted by Gasteiger charge is -2.32. The van der Waals surface area contributed by atoms with Gasteiger partial charge in [0, 0.05) is 26.3 Å². The molecule has 1 N–H and O–H groups in total. The van der Waals surface area contributed by atoms with Crippen molar-refractivity contribution in [3.63, 3.8) is 0 Å². The molecule has 2 aromatic rings. The molecule has 0 bridgehead atoms. The number of nitrogens with zero attached hydrogens (tertiary/aromatic N) is 3. The van der Waals surface area contributed by atoms with Crippen LogP contribution in [0, 0.1) is 6.92 Å². The highest BCUT2D eigenvalue weighted by atomic mass is 32.2. The SMILES string of the molecule is Cc1nn(C)cc1S(=O)(=O)N1CCCC(c2ccc(C(=O)O)cc2)C1. The molecule has 0 aliphatic carbocycles. The van der Waals surface area contributed by atoms with E-state index < -0.39 is 16.0 Å². The number of hydrogen-bond acceptors (Lipinski definition) is 4. The molecule has 1 atom stereocenters. The fraction of sp³-hybridized carbons (Fsp3) is 0.412. The number of aryl methyl sites for hydroxylation is 2. The predicted molar refractivity (Wildman–Crippen MR) is 92.1 cm³/mol. The van der Waals surface area contributed by atoms with Crippen molar-refractivity contribution in [2.75, 3.05) is 13.1 Å². The molecule has 0 radical (unpaired) electrons. The molecule has 25 heavy (non-hydrogen) atoms. The quantitative estimate of drug-likeness (QED) is 0.897. The first-order valence-corrected chi connectivity index (χ1v) is 9.56. The minimum absolute atomic E-state index is 0.0587. The molecule has 1 unspecified atom stereocenters. The van der Waals surface area contributed by atoms with Crippen LogP contribution in [0.25, 0.3) is 0 Å². The zero-order chi connectivity index (χ0) is 18.2. The number of carbonyl (C=O) groups is 1. The largest absolute Gasteiger partial charge is 0.478 e. The van der Waals surface area contributed by atoms with Crippen molar-refractivity contribution in [2.45, 2.75) is 30.6 Å². The predicted octanol–water partition coefficient (Wildman–Crippen LogP) is 2.00. The second-order valence-electron chi connectivity index (χ2n) is 6.38. The van der Waals surface area contributed by atoms with Crippen LogP contribution in [-0.4, -0.2) is 46.7 Å². The maximum absolute atomic E-state index is 12.9. The summed E-state index contributed by atoms with van der Waals surface area (Å²) in [6.45, 7) is 2.57. The van der Waals surface area contributed by atoms with Gasteiger partial charge in [-0.15, -0.1) is 0 Å². The molecular formula is C17H21N3O4S. The van der Waals surface area contributed by atoms with Gasteiger partial charge in [-0.25, -0.2) is 13.2 Å². The Kier molecular flexibility index (Phi) is 4.66. The molecule has 1 aromatic heterocycles. The maximum Gasteiger partial charge on any atom is 0.335 e. The third kappa shape index (κ3) is 3.45. The highest BCUT2D eigenvalue weighted by Gasteiger charge is 2.33. The first-order valence-electron chi connectivity index (χ1n) is 8.12. The number of benzene rings is 1. The summed E-state index contributed by atoms with van der Waals surface area (Å²) >= 11 is 0. The fourth-order valence-electron chi connectivity index (χ4n) is 3.30. The van der Waals surface area contributed by atoms with Gasteiger partial charge >= 0.3 is 5.97 Å². The lowest BCUT2D eigenvalue weighted by molar-refractivity contribution is 0.0697. The second-order valence-corrected chi connectivity index (χ2v) is 8.29. The Morgan fingerprint density at radius 3 is 2.52 bits per heavy atom. The van der Waals surface area contributed by atoms with Gasteiger partial charge in [0.15, 0.2) is 0 Å². The summed E-state index contributed by atoms with van der Waals surface area (Å²) in [6, 6.07) is 6.69. The van der Waals surface area contributed by atoms with Gasteiger partial charge < -0.3 is 5.11 Å². The van der Waals surface area contributed by atoms with E-state index in [1.165, 1.54) is 15.2 Å². The van der Waals surface area contributed by atoms with E-state index in [-0.39, 0.29) is 16.4 Å². The van der Waals surface area contributed by atoms with Gasteiger partial charge in [0.05, 0.1) is 11.3 Å². The van der Waals surface area contributed by atoms with E-state index in [1.807, 2.05) is 0 Å². The van der Waals surface area contributed by atoms with Crippen molar-refractivity contribution in [3.8, 4) is 0 Å². The summed E-state index contributed by atoms with van der Waals surface area (Å²) in [5, 5.41) is 13.1. The van der Waals surface area contributed by atoms with Gasteiger partial charge in [0.1, 0.15) is 4.90 Å². The van der Waals surface area contributed by atoms with Crippen LogP contribution in [0.15, 0.2) is 35.4 Å². The van der Waals surface area contributed by atoms with Gasteiger partial charge in [-0.05, 0) is 43.4 Å². The van der Waals surface area contributed by atoms with E-state index in [0.717, 1.165) is 18.4 Å². The molecule has 1 fully saturated rings. The normalized spacial score (nSPS) is 19.0. The molecular weight excluding hydrogens is 342 g/mol. The standard InChI is InChI=1S/C17H21N3O4S/c1-12-16(11-19(2)18-12)25(23,24)20-9-3-4-15(10-20)13-5-7-14(8-6-13)17(21)22/h5-8,11,15H,3-4,9-10H2,1-2H3,(H,21,22). The Morgan fingerprint density at radius 1 is 1.28 bits per heavy atom. The molecule has 0 spiro atoms. The number of aromatic carboxylic acids is 1. The lowest BCUT2D eigenvalue weighted by Crippen LogP contribution is -2.39. The molecule has 8 heteroatoms. The highest BCUT2D eigenvalue weighted by Crippen LogP contribution is 2.31. The molecule has 134 valence electrons. The van der Waals surface area contributed by atoms with Crippen molar-refractivity contribution >= 4 is 16.0 Å². The van der Waals surface area contributed by atoms with Gasteiger partial charge in [-0.3, -0.25) is 4.68 Å². The maximum atomic E-state index is 12.9. The Labute approximate surface area is 146 Å². The van der Waals surface area contributed by atoms with E-state index in [1.54, 1.807) is 38.2 Å². The Bertz CT molecular complexity index is 887. The number of hydrogen-bond donors (Lipinski definition) is 1. The molecule has 0 amide bonds. The number of carboxylic acids is 1. The monoisotopic (exact) mass is 363 g/mol. The van der Waals surface area contributed by atoms with Crippen LogP contribution in [0.5, 0.6) is 0 Å². The van der Waals surface area contributed by atoms with E-state index in [9.17, 15) is 13.2 Å². The van der Waals surface area contributed by atoms with E-state index in [2.05, 4.69) is 5.10 Å². The zero-order valence-corrected chi connectivity index (χ0v) is 15.0. The van der Waals surface area contributed by atoms with E-state index in [0.29, 0.717) is 18.8 Å². The third-order valence-corrected chi connectivity index (χ3v) is 6.57. The number of sulfonamides is 1. The molecule has 1 aliphatic rings. The molecule has 1 aromatic carbocycles. The van der Waals surface area contributed by atoms with Gasteiger partial charge in [-0.2, -0.15) is 9.40 Å².